The van der Waals surface area contributed by atoms with Crippen molar-refractivity contribution in [3.8, 4) is 11.4 Å². The molecule has 3 aromatic rings. The topological polar surface area (TPSA) is 56.6 Å². The number of carbonyl (C=O) groups is 1. The molecule has 1 fully saturated rings. The van der Waals surface area contributed by atoms with Crippen LogP contribution in [0.25, 0.3) is 11.8 Å². The van der Waals surface area contributed by atoms with E-state index in [9.17, 15) is 18.0 Å². The van der Waals surface area contributed by atoms with Crippen LogP contribution < -0.4 is 4.74 Å². The van der Waals surface area contributed by atoms with E-state index in [-0.39, 0.29) is 24.5 Å². The Kier molecular flexibility index (Phi) is 6.13. The number of nitrogens with zero attached hydrogens (tertiary/aromatic N) is 3. The number of aryl methyl sites for hydroxylation is 1. The number of amides is 1. The molecule has 1 amide bonds. The van der Waals surface area contributed by atoms with Gasteiger partial charge in [-0.3, -0.25) is 4.79 Å². The Morgan fingerprint density at radius 3 is 2.55 bits per heavy atom. The fraction of sp³-hybridized carbons (Fsp3) is 0.250. The molecule has 1 aliphatic rings. The molecule has 9 heteroatoms. The van der Waals surface area contributed by atoms with Crippen LogP contribution in [0.15, 0.2) is 48.6 Å². The summed E-state index contributed by atoms with van der Waals surface area (Å²) < 4.78 is 53.6. The van der Waals surface area contributed by atoms with E-state index >= 15 is 0 Å². The molecule has 0 unspecified atom stereocenters. The van der Waals surface area contributed by atoms with E-state index in [1.165, 1.54) is 4.90 Å². The molecule has 172 valence electrons. The Morgan fingerprint density at radius 2 is 1.91 bits per heavy atom. The molecule has 0 spiro atoms. The summed E-state index contributed by atoms with van der Waals surface area (Å²) >= 11 is 0. The number of benzene rings is 2. The van der Waals surface area contributed by atoms with Crippen LogP contribution in [0, 0.1) is 24.4 Å². The summed E-state index contributed by atoms with van der Waals surface area (Å²) in [4.78, 5) is 18.7. The summed E-state index contributed by atoms with van der Waals surface area (Å²) in [5.41, 5.74) is 2.47. The first-order valence-corrected chi connectivity index (χ1v) is 10.3. The Labute approximate surface area is 188 Å². The van der Waals surface area contributed by atoms with Crippen molar-refractivity contribution in [2.75, 3.05) is 20.3 Å². The minimum absolute atomic E-state index is 0.0874. The largest absolute Gasteiger partial charge is 0.495 e. The van der Waals surface area contributed by atoms with E-state index in [2.05, 4.69) is 4.98 Å². The van der Waals surface area contributed by atoms with E-state index in [4.69, 9.17) is 9.47 Å². The lowest BCUT2D eigenvalue weighted by molar-refractivity contribution is -0.137. The molecule has 0 bridgehead atoms. The highest BCUT2D eigenvalue weighted by Crippen LogP contribution is 2.29. The lowest BCUT2D eigenvalue weighted by Crippen LogP contribution is -2.41. The zero-order valence-corrected chi connectivity index (χ0v) is 18.3. The molecule has 0 N–H and O–H groups in total. The maximum atomic E-state index is 13.7. The van der Waals surface area contributed by atoms with Gasteiger partial charge in [-0.05, 0) is 55.3 Å². The van der Waals surface area contributed by atoms with Crippen LogP contribution in [-0.4, -0.2) is 40.6 Å². The van der Waals surface area contributed by atoms with Gasteiger partial charge in [-0.15, -0.1) is 0 Å². The first kappa shape index (κ1) is 22.4. The predicted molar refractivity (Wildman–Crippen MR) is 115 cm³/mol. The summed E-state index contributed by atoms with van der Waals surface area (Å²) in [5, 5.41) is 0. The number of morpholine rings is 1. The van der Waals surface area contributed by atoms with Gasteiger partial charge in [-0.25, -0.2) is 18.2 Å². The van der Waals surface area contributed by atoms with Gasteiger partial charge in [0.25, 0.3) is 5.91 Å². The monoisotopic (exact) mass is 457 g/mol. The highest BCUT2D eigenvalue weighted by atomic mass is 19.2. The molecule has 1 aliphatic heterocycles. The molecule has 0 aliphatic carbocycles. The SMILES string of the molecule is COc1cc(C=C2OCCN([C@@H](C)c3cc(F)c(F)c(F)c3)C2=O)ccc1-n1cnc(C)c1. The average molecular weight is 457 g/mol. The number of hydrogen-bond acceptors (Lipinski definition) is 4. The maximum Gasteiger partial charge on any atom is 0.289 e. The molecule has 33 heavy (non-hydrogen) atoms. The van der Waals surface area contributed by atoms with Crippen molar-refractivity contribution < 1.29 is 27.4 Å². The summed E-state index contributed by atoms with van der Waals surface area (Å²) in [6.45, 7) is 3.94. The second-order valence-corrected chi connectivity index (χ2v) is 7.68. The number of halogens is 3. The van der Waals surface area contributed by atoms with Gasteiger partial charge >= 0.3 is 0 Å². The van der Waals surface area contributed by atoms with E-state index in [1.54, 1.807) is 32.5 Å². The second kappa shape index (κ2) is 9.01. The van der Waals surface area contributed by atoms with Crippen molar-refractivity contribution in [2.45, 2.75) is 19.9 Å². The van der Waals surface area contributed by atoms with Gasteiger partial charge in [0.2, 0.25) is 0 Å². The second-order valence-electron chi connectivity index (χ2n) is 7.68. The Morgan fingerprint density at radius 1 is 1.18 bits per heavy atom. The molecule has 6 nitrogen and oxygen atoms in total. The molecule has 1 saturated heterocycles. The molecule has 2 aromatic carbocycles. The fourth-order valence-corrected chi connectivity index (χ4v) is 3.73. The van der Waals surface area contributed by atoms with Crippen molar-refractivity contribution in [2.24, 2.45) is 0 Å². The highest BCUT2D eigenvalue weighted by molar-refractivity contribution is 5.96. The summed E-state index contributed by atoms with van der Waals surface area (Å²) in [6, 6.07) is 6.53. The van der Waals surface area contributed by atoms with Gasteiger partial charge in [-0.2, -0.15) is 0 Å². The van der Waals surface area contributed by atoms with Gasteiger partial charge in [0.1, 0.15) is 12.4 Å². The summed E-state index contributed by atoms with van der Waals surface area (Å²) in [5.74, 6) is -3.91. The zero-order valence-electron chi connectivity index (χ0n) is 18.3. The third-order valence-electron chi connectivity index (χ3n) is 5.51. The molecule has 1 aromatic heterocycles. The predicted octanol–water partition coefficient (Wildman–Crippen LogP) is 4.57. The summed E-state index contributed by atoms with van der Waals surface area (Å²) in [7, 11) is 1.55. The molecule has 0 radical (unpaired) electrons. The third kappa shape index (κ3) is 4.44. The van der Waals surface area contributed by atoms with Crippen LogP contribution in [0.4, 0.5) is 13.2 Å². The zero-order chi connectivity index (χ0) is 23.7. The maximum absolute atomic E-state index is 13.7. The molecule has 1 atom stereocenters. The average Bonchev–Trinajstić information content (AvgIpc) is 3.24. The Hall–Kier alpha value is -3.75. The van der Waals surface area contributed by atoms with Gasteiger partial charge in [0, 0.05) is 6.20 Å². The van der Waals surface area contributed by atoms with Crippen LogP contribution in [0.2, 0.25) is 0 Å². The van der Waals surface area contributed by atoms with Gasteiger partial charge in [-0.1, -0.05) is 6.07 Å². The third-order valence-corrected chi connectivity index (χ3v) is 5.51. The number of ether oxygens (including phenoxy) is 2. The van der Waals surface area contributed by atoms with Crippen LogP contribution in [-0.2, 0) is 9.53 Å². The molecular weight excluding hydrogens is 435 g/mol. The molecular formula is C24H22F3N3O3. The smallest absolute Gasteiger partial charge is 0.289 e. The van der Waals surface area contributed by atoms with Crippen LogP contribution >= 0.6 is 0 Å². The first-order valence-electron chi connectivity index (χ1n) is 10.3. The van der Waals surface area contributed by atoms with Crippen molar-refractivity contribution in [3.05, 3.63) is 82.9 Å². The number of hydrogen-bond donors (Lipinski definition) is 0. The van der Waals surface area contributed by atoms with E-state index in [0.717, 1.165) is 23.5 Å². The molecule has 0 saturated carbocycles. The quantitative estimate of drug-likeness (QED) is 0.416. The number of rotatable bonds is 5. The van der Waals surface area contributed by atoms with Gasteiger partial charge < -0.3 is 18.9 Å². The lowest BCUT2D eigenvalue weighted by atomic mass is 10.0. The van der Waals surface area contributed by atoms with E-state index in [1.807, 2.05) is 29.8 Å². The fourth-order valence-electron chi connectivity index (χ4n) is 3.73. The van der Waals surface area contributed by atoms with E-state index in [0.29, 0.717) is 11.3 Å². The Bertz CT molecular complexity index is 1220. The molecule has 4 rings (SSSR count). The van der Waals surface area contributed by atoms with Gasteiger partial charge in [0.05, 0.1) is 37.4 Å². The van der Waals surface area contributed by atoms with Crippen molar-refractivity contribution in [1.29, 1.82) is 0 Å². The number of imidazole rings is 1. The number of methoxy groups -OCH3 is 1. The van der Waals surface area contributed by atoms with Crippen LogP contribution in [0.3, 0.4) is 0 Å². The normalized spacial score (nSPS) is 16.1. The van der Waals surface area contributed by atoms with E-state index < -0.39 is 29.4 Å². The van der Waals surface area contributed by atoms with Gasteiger partial charge in [0.15, 0.2) is 23.2 Å². The molecule has 2 heterocycles. The first-order chi connectivity index (χ1) is 15.8. The van der Waals surface area contributed by atoms with Crippen molar-refractivity contribution in [3.63, 3.8) is 0 Å². The Balaban J connectivity index is 1.60. The van der Waals surface area contributed by atoms with Crippen molar-refractivity contribution >= 4 is 12.0 Å². The number of aromatic nitrogens is 2. The minimum Gasteiger partial charge on any atom is -0.495 e. The summed E-state index contributed by atoms with van der Waals surface area (Å²) in [6.07, 6.45) is 5.13. The van der Waals surface area contributed by atoms with Crippen LogP contribution in [0.1, 0.15) is 29.8 Å². The standard InChI is InChI=1S/C24H22F3N3O3/c1-14-12-29(13-28-14)20-5-4-16(8-21(20)32-3)9-22-24(31)30(6-7-33-22)15(2)17-10-18(25)23(27)19(26)11-17/h4-5,8-13,15H,6-7H2,1-3H3/t15-/m0/s1. The van der Waals surface area contributed by atoms with Crippen molar-refractivity contribution in [1.82, 2.24) is 14.5 Å². The minimum atomic E-state index is -1.54. The number of carbonyl (C=O) groups excluding carboxylic acids is 1. The lowest BCUT2D eigenvalue weighted by Gasteiger charge is -2.34. The van der Waals surface area contributed by atoms with Crippen LogP contribution in [0.5, 0.6) is 5.75 Å². The highest BCUT2D eigenvalue weighted by Gasteiger charge is 2.30.